The largest absolute Gasteiger partial charge is 0.369 e. The first kappa shape index (κ1) is 17.4. The summed E-state index contributed by atoms with van der Waals surface area (Å²) < 4.78 is 14.1. The highest BCUT2D eigenvalue weighted by molar-refractivity contribution is 14.1. The molecule has 1 fully saturated rings. The lowest BCUT2D eigenvalue weighted by Crippen LogP contribution is -2.32. The number of hydrogen-bond donors (Lipinski definition) is 1. The quantitative estimate of drug-likeness (QED) is 0.590. The van der Waals surface area contributed by atoms with Gasteiger partial charge < -0.3 is 10.2 Å². The van der Waals surface area contributed by atoms with Crippen LogP contribution in [0, 0.1) is 9.52 Å². The lowest BCUT2D eigenvalue weighted by molar-refractivity contribution is 0.551. The second-order valence-electron chi connectivity index (χ2n) is 5.28. The van der Waals surface area contributed by atoms with Gasteiger partial charge in [-0.1, -0.05) is 12.1 Å². The van der Waals surface area contributed by atoms with E-state index in [1.54, 1.807) is 12.3 Å². The van der Waals surface area contributed by atoms with E-state index < -0.39 is 5.95 Å². The standard InChI is InChI=1S/C16H17FIN3.ClH/c17-16-5-4-15(10-20-16)21-7-6-14(11-21)19-9-12-2-1-3-13(18)8-12;/h1-5,8,10,14,19H,6-7,9,11H2;1H. The zero-order valence-corrected chi connectivity index (χ0v) is 15.0. The Bertz CT molecular complexity index is 609. The molecule has 0 radical (unpaired) electrons. The number of pyridine rings is 1. The maximum absolute atomic E-state index is 12.8. The van der Waals surface area contributed by atoms with Crippen molar-refractivity contribution in [2.24, 2.45) is 0 Å². The lowest BCUT2D eigenvalue weighted by Gasteiger charge is -2.18. The second kappa shape index (κ2) is 8.08. The number of nitrogens with one attached hydrogen (secondary N) is 1. The minimum Gasteiger partial charge on any atom is -0.369 e. The summed E-state index contributed by atoms with van der Waals surface area (Å²) in [6.45, 7) is 2.81. The summed E-state index contributed by atoms with van der Waals surface area (Å²) in [6.07, 6.45) is 2.71. The van der Waals surface area contributed by atoms with Crippen LogP contribution in [0.15, 0.2) is 42.6 Å². The number of halogens is 3. The summed E-state index contributed by atoms with van der Waals surface area (Å²) >= 11 is 2.33. The number of aromatic nitrogens is 1. The number of nitrogens with zero attached hydrogens (tertiary/aromatic N) is 2. The molecule has 0 spiro atoms. The van der Waals surface area contributed by atoms with Crippen LogP contribution in [0.25, 0.3) is 0 Å². The monoisotopic (exact) mass is 433 g/mol. The molecular formula is C16H18ClFIN3. The molecule has 6 heteroatoms. The highest BCUT2D eigenvalue weighted by Crippen LogP contribution is 2.19. The highest BCUT2D eigenvalue weighted by atomic mass is 127. The van der Waals surface area contributed by atoms with E-state index in [4.69, 9.17) is 0 Å². The number of rotatable bonds is 4. The molecule has 1 N–H and O–H groups in total. The molecule has 3 rings (SSSR count). The van der Waals surface area contributed by atoms with Gasteiger partial charge in [-0.15, -0.1) is 12.4 Å². The van der Waals surface area contributed by atoms with Gasteiger partial charge in [0.25, 0.3) is 0 Å². The van der Waals surface area contributed by atoms with E-state index in [0.29, 0.717) is 6.04 Å². The van der Waals surface area contributed by atoms with Gasteiger partial charge in [0, 0.05) is 29.2 Å². The Morgan fingerprint density at radius 2 is 2.18 bits per heavy atom. The summed E-state index contributed by atoms with van der Waals surface area (Å²) in [4.78, 5) is 5.97. The van der Waals surface area contributed by atoms with E-state index in [9.17, 15) is 4.39 Å². The van der Waals surface area contributed by atoms with Crippen LogP contribution >= 0.6 is 35.0 Å². The van der Waals surface area contributed by atoms with Gasteiger partial charge in [0.2, 0.25) is 5.95 Å². The van der Waals surface area contributed by atoms with E-state index in [1.807, 2.05) is 0 Å². The van der Waals surface area contributed by atoms with Crippen molar-refractivity contribution in [3.63, 3.8) is 0 Å². The van der Waals surface area contributed by atoms with Crippen molar-refractivity contribution in [3.05, 3.63) is 57.7 Å². The van der Waals surface area contributed by atoms with Gasteiger partial charge in [0.1, 0.15) is 0 Å². The molecule has 0 bridgehead atoms. The topological polar surface area (TPSA) is 28.2 Å². The highest BCUT2D eigenvalue weighted by Gasteiger charge is 2.22. The van der Waals surface area contributed by atoms with Crippen LogP contribution in [-0.4, -0.2) is 24.1 Å². The van der Waals surface area contributed by atoms with E-state index >= 15 is 0 Å². The molecule has 2 aromatic rings. The molecule has 3 nitrogen and oxygen atoms in total. The Labute approximate surface area is 149 Å². The average Bonchev–Trinajstić information content (AvgIpc) is 2.95. The van der Waals surface area contributed by atoms with Crippen molar-refractivity contribution < 1.29 is 4.39 Å². The van der Waals surface area contributed by atoms with Crippen molar-refractivity contribution in [3.8, 4) is 0 Å². The third-order valence-corrected chi connectivity index (χ3v) is 4.42. The minimum atomic E-state index is -0.425. The van der Waals surface area contributed by atoms with Gasteiger partial charge in [-0.25, -0.2) is 4.98 Å². The van der Waals surface area contributed by atoms with Crippen molar-refractivity contribution in [2.75, 3.05) is 18.0 Å². The van der Waals surface area contributed by atoms with Crippen molar-refractivity contribution in [2.45, 2.75) is 19.0 Å². The predicted octanol–water partition coefficient (Wildman–Crippen LogP) is 3.62. The molecule has 0 amide bonds. The van der Waals surface area contributed by atoms with Crippen LogP contribution in [0.2, 0.25) is 0 Å². The Balaban J connectivity index is 0.00000176. The number of hydrogen-bond acceptors (Lipinski definition) is 3. The molecule has 0 aliphatic carbocycles. The third kappa shape index (κ3) is 4.54. The molecule has 1 aromatic heterocycles. The fourth-order valence-corrected chi connectivity index (χ4v) is 3.23. The number of benzene rings is 1. The first-order chi connectivity index (χ1) is 10.2. The molecule has 1 saturated heterocycles. The molecule has 1 aliphatic rings. The second-order valence-corrected chi connectivity index (χ2v) is 6.53. The zero-order valence-electron chi connectivity index (χ0n) is 12.0. The SMILES string of the molecule is Cl.Fc1ccc(N2CCC(NCc3cccc(I)c3)C2)cn1. The van der Waals surface area contributed by atoms with Crippen molar-refractivity contribution in [1.82, 2.24) is 10.3 Å². The molecule has 1 aromatic carbocycles. The van der Waals surface area contributed by atoms with E-state index in [0.717, 1.165) is 31.7 Å². The first-order valence-electron chi connectivity index (χ1n) is 7.05. The fraction of sp³-hybridized carbons (Fsp3) is 0.312. The fourth-order valence-electron chi connectivity index (χ4n) is 2.63. The summed E-state index contributed by atoms with van der Waals surface area (Å²) in [5.41, 5.74) is 2.30. The normalized spacial score (nSPS) is 17.4. The summed E-state index contributed by atoms with van der Waals surface area (Å²) in [5, 5.41) is 3.60. The summed E-state index contributed by atoms with van der Waals surface area (Å²) in [5.74, 6) is -0.425. The van der Waals surface area contributed by atoms with Gasteiger partial charge in [-0.2, -0.15) is 4.39 Å². The maximum atomic E-state index is 12.8. The van der Waals surface area contributed by atoms with Crippen LogP contribution in [0.4, 0.5) is 10.1 Å². The Morgan fingerprint density at radius 1 is 1.32 bits per heavy atom. The summed E-state index contributed by atoms with van der Waals surface area (Å²) in [7, 11) is 0. The molecule has 22 heavy (non-hydrogen) atoms. The minimum absolute atomic E-state index is 0. The smallest absolute Gasteiger partial charge is 0.212 e. The third-order valence-electron chi connectivity index (χ3n) is 3.75. The van der Waals surface area contributed by atoms with Crippen LogP contribution in [0.3, 0.4) is 0 Å². The number of anilines is 1. The van der Waals surface area contributed by atoms with Crippen molar-refractivity contribution >= 4 is 40.7 Å². The maximum Gasteiger partial charge on any atom is 0.212 e. The van der Waals surface area contributed by atoms with Crippen LogP contribution in [-0.2, 0) is 6.54 Å². The van der Waals surface area contributed by atoms with E-state index in [-0.39, 0.29) is 12.4 Å². The molecular weight excluding hydrogens is 416 g/mol. The molecule has 1 atom stereocenters. The van der Waals surface area contributed by atoms with Gasteiger partial charge in [-0.3, -0.25) is 0 Å². The van der Waals surface area contributed by atoms with E-state index in [2.05, 4.69) is 62.1 Å². The van der Waals surface area contributed by atoms with Gasteiger partial charge in [0.15, 0.2) is 0 Å². The zero-order chi connectivity index (χ0) is 14.7. The van der Waals surface area contributed by atoms with Crippen LogP contribution < -0.4 is 10.2 Å². The molecule has 0 saturated carbocycles. The Morgan fingerprint density at radius 3 is 2.91 bits per heavy atom. The molecule has 1 aliphatic heterocycles. The van der Waals surface area contributed by atoms with Gasteiger partial charge in [0.05, 0.1) is 11.9 Å². The predicted molar refractivity (Wildman–Crippen MR) is 98.1 cm³/mol. The summed E-state index contributed by atoms with van der Waals surface area (Å²) in [6, 6.07) is 12.2. The first-order valence-corrected chi connectivity index (χ1v) is 8.13. The Kier molecular flexibility index (Phi) is 6.40. The van der Waals surface area contributed by atoms with Crippen LogP contribution in [0.5, 0.6) is 0 Å². The van der Waals surface area contributed by atoms with E-state index in [1.165, 1.54) is 15.2 Å². The molecule has 2 heterocycles. The molecule has 118 valence electrons. The van der Waals surface area contributed by atoms with Crippen molar-refractivity contribution in [1.29, 1.82) is 0 Å². The van der Waals surface area contributed by atoms with Gasteiger partial charge >= 0.3 is 0 Å². The molecule has 1 unspecified atom stereocenters. The average molecular weight is 434 g/mol. The van der Waals surface area contributed by atoms with Gasteiger partial charge in [-0.05, 0) is 58.8 Å². The van der Waals surface area contributed by atoms with Crippen LogP contribution in [0.1, 0.15) is 12.0 Å². The lowest BCUT2D eigenvalue weighted by atomic mass is 10.2. The Hall–Kier alpha value is -0.920.